The zero-order chi connectivity index (χ0) is 16.8. The standard InChI is InChI=1S/C18H22N2O4/c19-13-1-5-15(6-2-13)21-23-17-9-11-18(12-10-17)24-22-16-7-3-14(20)4-8-16/h1-8,17-18H,9-12,19-20H2. The van der Waals surface area contributed by atoms with Gasteiger partial charge in [-0.1, -0.05) is 0 Å². The Morgan fingerprint density at radius 2 is 0.917 bits per heavy atom. The molecule has 0 bridgehead atoms. The first-order valence-corrected chi connectivity index (χ1v) is 8.07. The molecule has 0 atom stereocenters. The maximum Gasteiger partial charge on any atom is 0.165 e. The maximum atomic E-state index is 5.63. The van der Waals surface area contributed by atoms with Crippen molar-refractivity contribution < 1.29 is 19.6 Å². The molecule has 1 saturated carbocycles. The smallest absolute Gasteiger partial charge is 0.165 e. The molecule has 24 heavy (non-hydrogen) atoms. The minimum absolute atomic E-state index is 0.0546. The highest BCUT2D eigenvalue weighted by Gasteiger charge is 2.24. The molecule has 0 heterocycles. The molecule has 6 nitrogen and oxygen atoms in total. The first-order valence-electron chi connectivity index (χ1n) is 8.07. The second-order valence-electron chi connectivity index (χ2n) is 5.90. The van der Waals surface area contributed by atoms with Crippen LogP contribution in [-0.4, -0.2) is 12.2 Å². The van der Waals surface area contributed by atoms with Crippen LogP contribution in [0.1, 0.15) is 25.7 Å². The minimum Gasteiger partial charge on any atom is -0.399 e. The highest BCUT2D eigenvalue weighted by molar-refractivity contribution is 5.42. The predicted octanol–water partition coefficient (Wildman–Crippen LogP) is 3.48. The molecule has 1 aliphatic carbocycles. The van der Waals surface area contributed by atoms with Crippen LogP contribution >= 0.6 is 0 Å². The van der Waals surface area contributed by atoms with Crippen LogP contribution in [-0.2, 0) is 9.78 Å². The summed E-state index contributed by atoms with van der Waals surface area (Å²) >= 11 is 0. The summed E-state index contributed by atoms with van der Waals surface area (Å²) in [6, 6.07) is 14.2. The Morgan fingerprint density at radius 1 is 0.583 bits per heavy atom. The van der Waals surface area contributed by atoms with E-state index in [0.717, 1.165) is 25.7 Å². The third-order valence-electron chi connectivity index (χ3n) is 3.94. The monoisotopic (exact) mass is 330 g/mol. The molecule has 2 aromatic carbocycles. The van der Waals surface area contributed by atoms with Gasteiger partial charge in [-0.2, -0.15) is 9.78 Å². The summed E-state index contributed by atoms with van der Waals surface area (Å²) in [7, 11) is 0. The molecule has 0 radical (unpaired) electrons. The fourth-order valence-electron chi connectivity index (χ4n) is 2.52. The van der Waals surface area contributed by atoms with E-state index in [-0.39, 0.29) is 12.2 Å². The molecule has 2 aromatic rings. The second kappa shape index (κ2) is 7.90. The lowest BCUT2D eigenvalue weighted by molar-refractivity contribution is -0.280. The molecule has 0 unspecified atom stereocenters. The third kappa shape index (κ3) is 4.78. The topological polar surface area (TPSA) is 89.0 Å². The summed E-state index contributed by atoms with van der Waals surface area (Å²) in [6.07, 6.45) is 3.52. The van der Waals surface area contributed by atoms with Crippen LogP contribution in [0.5, 0.6) is 11.5 Å². The Bertz CT molecular complexity index is 565. The average Bonchev–Trinajstić information content (AvgIpc) is 2.62. The molecular formula is C18H22N2O4. The quantitative estimate of drug-likeness (QED) is 0.479. The highest BCUT2D eigenvalue weighted by Crippen LogP contribution is 2.25. The summed E-state index contributed by atoms with van der Waals surface area (Å²) in [6.45, 7) is 0. The SMILES string of the molecule is Nc1ccc(OOC2CCC(OOc3ccc(N)cc3)CC2)cc1. The van der Waals surface area contributed by atoms with Gasteiger partial charge in [0.15, 0.2) is 11.5 Å². The molecule has 0 amide bonds. The molecule has 0 aromatic heterocycles. The lowest BCUT2D eigenvalue weighted by Gasteiger charge is -2.26. The maximum absolute atomic E-state index is 5.63. The van der Waals surface area contributed by atoms with E-state index in [1.54, 1.807) is 48.5 Å². The van der Waals surface area contributed by atoms with Crippen molar-refractivity contribution in [3.8, 4) is 11.5 Å². The molecule has 128 valence electrons. The fraction of sp³-hybridized carbons (Fsp3) is 0.333. The van der Waals surface area contributed by atoms with Gasteiger partial charge in [0, 0.05) is 11.4 Å². The average molecular weight is 330 g/mol. The second-order valence-corrected chi connectivity index (χ2v) is 5.90. The zero-order valence-electron chi connectivity index (χ0n) is 13.4. The van der Waals surface area contributed by atoms with Gasteiger partial charge in [0.25, 0.3) is 0 Å². The van der Waals surface area contributed by atoms with Gasteiger partial charge in [0.05, 0.1) is 0 Å². The van der Waals surface area contributed by atoms with E-state index in [1.165, 1.54) is 0 Å². The molecule has 0 aliphatic heterocycles. The number of nitrogens with two attached hydrogens (primary N) is 2. The van der Waals surface area contributed by atoms with Gasteiger partial charge in [0.1, 0.15) is 12.2 Å². The van der Waals surface area contributed by atoms with Crippen molar-refractivity contribution in [3.63, 3.8) is 0 Å². The number of rotatable bonds is 6. The first-order chi connectivity index (χ1) is 11.7. The Morgan fingerprint density at radius 3 is 1.25 bits per heavy atom. The molecule has 1 aliphatic rings. The number of hydrogen-bond acceptors (Lipinski definition) is 6. The fourth-order valence-corrected chi connectivity index (χ4v) is 2.52. The number of benzene rings is 2. The van der Waals surface area contributed by atoms with Gasteiger partial charge in [-0.05, 0) is 74.2 Å². The minimum atomic E-state index is 0.0546. The van der Waals surface area contributed by atoms with Gasteiger partial charge in [0.2, 0.25) is 0 Å². The third-order valence-corrected chi connectivity index (χ3v) is 3.94. The van der Waals surface area contributed by atoms with Crippen molar-refractivity contribution in [2.75, 3.05) is 11.5 Å². The first kappa shape index (κ1) is 16.4. The van der Waals surface area contributed by atoms with Crippen LogP contribution < -0.4 is 21.2 Å². The van der Waals surface area contributed by atoms with E-state index in [0.29, 0.717) is 22.9 Å². The van der Waals surface area contributed by atoms with E-state index in [4.69, 9.17) is 31.0 Å². The summed E-state index contributed by atoms with van der Waals surface area (Å²) < 4.78 is 0. The van der Waals surface area contributed by atoms with E-state index < -0.39 is 0 Å². The highest BCUT2D eigenvalue weighted by atomic mass is 17.2. The van der Waals surface area contributed by atoms with Gasteiger partial charge in [-0.3, -0.25) is 0 Å². The van der Waals surface area contributed by atoms with E-state index in [2.05, 4.69) is 0 Å². The van der Waals surface area contributed by atoms with Crippen LogP contribution in [0.25, 0.3) is 0 Å². The molecule has 6 heteroatoms. The molecule has 3 rings (SSSR count). The van der Waals surface area contributed by atoms with Crippen molar-refractivity contribution in [2.24, 2.45) is 0 Å². The number of anilines is 2. The van der Waals surface area contributed by atoms with Crippen LogP contribution in [0.4, 0.5) is 11.4 Å². The van der Waals surface area contributed by atoms with Gasteiger partial charge in [-0.25, -0.2) is 0 Å². The number of nitrogen functional groups attached to an aromatic ring is 2. The molecule has 1 fully saturated rings. The summed E-state index contributed by atoms with van der Waals surface area (Å²) in [5.74, 6) is 1.29. The van der Waals surface area contributed by atoms with Gasteiger partial charge in [-0.15, -0.1) is 0 Å². The van der Waals surface area contributed by atoms with E-state index >= 15 is 0 Å². The Balaban J connectivity index is 1.36. The molecule has 4 N–H and O–H groups in total. The van der Waals surface area contributed by atoms with Crippen LogP contribution in [0.3, 0.4) is 0 Å². The van der Waals surface area contributed by atoms with Gasteiger partial charge < -0.3 is 21.2 Å². The van der Waals surface area contributed by atoms with Crippen LogP contribution in [0.15, 0.2) is 48.5 Å². The summed E-state index contributed by atoms with van der Waals surface area (Å²) in [5, 5.41) is 0. The molecule has 0 spiro atoms. The summed E-state index contributed by atoms with van der Waals surface area (Å²) in [5.41, 5.74) is 12.7. The van der Waals surface area contributed by atoms with E-state index in [1.807, 2.05) is 0 Å². The Kier molecular flexibility index (Phi) is 5.40. The Hall–Kier alpha value is -2.44. The van der Waals surface area contributed by atoms with Crippen LogP contribution in [0.2, 0.25) is 0 Å². The lowest BCUT2D eigenvalue weighted by Crippen LogP contribution is -2.28. The normalized spacial score (nSPS) is 20.5. The van der Waals surface area contributed by atoms with Crippen molar-refractivity contribution in [2.45, 2.75) is 37.9 Å². The van der Waals surface area contributed by atoms with Gasteiger partial charge >= 0.3 is 0 Å². The Labute approximate surface area is 141 Å². The van der Waals surface area contributed by atoms with E-state index in [9.17, 15) is 0 Å². The predicted molar refractivity (Wildman–Crippen MR) is 91.2 cm³/mol. The lowest BCUT2D eigenvalue weighted by atomic mass is 9.95. The van der Waals surface area contributed by atoms with Crippen molar-refractivity contribution in [1.82, 2.24) is 0 Å². The van der Waals surface area contributed by atoms with Crippen molar-refractivity contribution >= 4 is 11.4 Å². The largest absolute Gasteiger partial charge is 0.399 e. The zero-order valence-corrected chi connectivity index (χ0v) is 13.4. The molecular weight excluding hydrogens is 308 g/mol. The number of hydrogen-bond donors (Lipinski definition) is 2. The van der Waals surface area contributed by atoms with Crippen LogP contribution in [0, 0.1) is 0 Å². The van der Waals surface area contributed by atoms with Crippen molar-refractivity contribution in [1.29, 1.82) is 0 Å². The summed E-state index contributed by atoms with van der Waals surface area (Å²) in [4.78, 5) is 21.6. The van der Waals surface area contributed by atoms with Crippen molar-refractivity contribution in [3.05, 3.63) is 48.5 Å². The molecule has 0 saturated heterocycles.